The molecule has 13 heavy (non-hydrogen) atoms. The first-order valence-corrected chi connectivity index (χ1v) is 7.08. The summed E-state index contributed by atoms with van der Waals surface area (Å²) in [7, 11) is 3.88. The summed E-state index contributed by atoms with van der Waals surface area (Å²) >= 11 is 0. The summed E-state index contributed by atoms with van der Waals surface area (Å²) in [4.78, 5) is 13.4. The van der Waals surface area contributed by atoms with E-state index in [2.05, 4.69) is 4.90 Å². The Morgan fingerprint density at radius 1 is 1.15 bits per heavy atom. The second-order valence-corrected chi connectivity index (χ2v) is 5.94. The maximum absolute atomic E-state index is 11.1. The molecule has 1 saturated heterocycles. The van der Waals surface area contributed by atoms with Crippen LogP contribution in [0.3, 0.4) is 0 Å². The standard InChI is InChI=1S/C9H13NOS2/c11-9-2-1-8(7-9)10-3-5-12-13-6-4-10/h7H,1-6H2. The van der Waals surface area contributed by atoms with E-state index in [1.165, 1.54) is 17.2 Å². The van der Waals surface area contributed by atoms with Crippen LogP contribution in [-0.2, 0) is 4.79 Å². The van der Waals surface area contributed by atoms with Gasteiger partial charge in [0.25, 0.3) is 0 Å². The van der Waals surface area contributed by atoms with E-state index >= 15 is 0 Å². The molecule has 72 valence electrons. The van der Waals surface area contributed by atoms with Crippen LogP contribution in [0.4, 0.5) is 0 Å². The van der Waals surface area contributed by atoms with E-state index in [9.17, 15) is 4.79 Å². The molecule has 2 rings (SSSR count). The van der Waals surface area contributed by atoms with Crippen LogP contribution in [0.5, 0.6) is 0 Å². The Balaban J connectivity index is 1.98. The topological polar surface area (TPSA) is 20.3 Å². The number of hydrogen-bond acceptors (Lipinski definition) is 4. The van der Waals surface area contributed by atoms with Gasteiger partial charge in [0.15, 0.2) is 5.78 Å². The lowest BCUT2D eigenvalue weighted by Crippen LogP contribution is -2.25. The Bertz CT molecular complexity index is 232. The van der Waals surface area contributed by atoms with Crippen LogP contribution < -0.4 is 0 Å². The maximum atomic E-state index is 11.1. The van der Waals surface area contributed by atoms with Crippen molar-refractivity contribution in [2.24, 2.45) is 0 Å². The highest BCUT2D eigenvalue weighted by molar-refractivity contribution is 8.76. The number of ketones is 1. The third kappa shape index (κ3) is 2.44. The lowest BCUT2D eigenvalue weighted by molar-refractivity contribution is -0.114. The Labute approximate surface area is 86.5 Å². The third-order valence-corrected chi connectivity index (χ3v) is 4.70. The van der Waals surface area contributed by atoms with Gasteiger partial charge in [0.05, 0.1) is 0 Å². The summed E-state index contributed by atoms with van der Waals surface area (Å²) in [5.74, 6) is 2.66. The van der Waals surface area contributed by atoms with Gasteiger partial charge in [-0.3, -0.25) is 4.79 Å². The van der Waals surface area contributed by atoms with Gasteiger partial charge >= 0.3 is 0 Å². The van der Waals surface area contributed by atoms with Crippen molar-refractivity contribution >= 4 is 27.4 Å². The number of nitrogens with zero attached hydrogens (tertiary/aromatic N) is 1. The Morgan fingerprint density at radius 2 is 1.85 bits per heavy atom. The van der Waals surface area contributed by atoms with Gasteiger partial charge in [-0.25, -0.2) is 0 Å². The molecule has 2 nitrogen and oxygen atoms in total. The highest BCUT2D eigenvalue weighted by atomic mass is 33.1. The first kappa shape index (κ1) is 9.46. The Hall–Kier alpha value is -0.0900. The Kier molecular flexibility index (Phi) is 3.22. The molecule has 1 heterocycles. The van der Waals surface area contributed by atoms with Crippen LogP contribution in [0, 0.1) is 0 Å². The average molecular weight is 215 g/mol. The smallest absolute Gasteiger partial charge is 0.157 e. The van der Waals surface area contributed by atoms with Crippen molar-refractivity contribution < 1.29 is 4.79 Å². The van der Waals surface area contributed by atoms with Crippen molar-refractivity contribution in [1.82, 2.24) is 4.90 Å². The van der Waals surface area contributed by atoms with Crippen LogP contribution in [-0.4, -0.2) is 35.3 Å². The van der Waals surface area contributed by atoms with Crippen LogP contribution in [0.1, 0.15) is 12.8 Å². The van der Waals surface area contributed by atoms with E-state index in [0.717, 1.165) is 25.9 Å². The van der Waals surface area contributed by atoms with E-state index < -0.39 is 0 Å². The van der Waals surface area contributed by atoms with Crippen LogP contribution in [0.2, 0.25) is 0 Å². The van der Waals surface area contributed by atoms with Gasteiger partial charge in [-0.2, -0.15) is 0 Å². The summed E-state index contributed by atoms with van der Waals surface area (Å²) in [6, 6.07) is 0. The molecule has 0 aromatic carbocycles. The van der Waals surface area contributed by atoms with Crippen molar-refractivity contribution in [3.63, 3.8) is 0 Å². The third-order valence-electron chi connectivity index (χ3n) is 2.33. The lowest BCUT2D eigenvalue weighted by atomic mass is 10.3. The average Bonchev–Trinajstić information content (AvgIpc) is 2.43. The van der Waals surface area contributed by atoms with Gasteiger partial charge in [-0.1, -0.05) is 21.6 Å². The monoisotopic (exact) mass is 215 g/mol. The SMILES string of the molecule is O=C1C=C(N2CCSSCC2)CC1. The summed E-state index contributed by atoms with van der Waals surface area (Å²) < 4.78 is 0. The molecular formula is C9H13NOS2. The molecule has 0 aromatic rings. The molecule has 1 aliphatic carbocycles. The molecule has 4 heteroatoms. The summed E-state index contributed by atoms with van der Waals surface area (Å²) in [5, 5.41) is 0. The van der Waals surface area contributed by atoms with Gasteiger partial charge in [0, 0.05) is 42.8 Å². The predicted molar refractivity (Wildman–Crippen MR) is 58.8 cm³/mol. The minimum absolute atomic E-state index is 0.305. The molecule has 0 bridgehead atoms. The zero-order valence-electron chi connectivity index (χ0n) is 7.49. The van der Waals surface area contributed by atoms with Gasteiger partial charge < -0.3 is 4.90 Å². The first-order valence-electron chi connectivity index (χ1n) is 4.59. The normalized spacial score (nSPS) is 24.5. The minimum atomic E-state index is 0.305. The second-order valence-electron chi connectivity index (χ2n) is 3.23. The number of rotatable bonds is 1. The van der Waals surface area contributed by atoms with Crippen molar-refractivity contribution in [3.05, 3.63) is 11.8 Å². The molecule has 0 N–H and O–H groups in total. The predicted octanol–water partition coefficient (Wildman–Crippen LogP) is 1.93. The molecular weight excluding hydrogens is 202 g/mol. The number of hydrogen-bond donors (Lipinski definition) is 0. The van der Waals surface area contributed by atoms with Gasteiger partial charge in [-0.15, -0.1) is 0 Å². The maximum Gasteiger partial charge on any atom is 0.157 e. The fourth-order valence-electron chi connectivity index (χ4n) is 1.64. The minimum Gasteiger partial charge on any atom is -0.373 e. The quantitative estimate of drug-likeness (QED) is 0.623. The summed E-state index contributed by atoms with van der Waals surface area (Å²) in [5.41, 5.74) is 1.27. The number of carbonyl (C=O) groups is 1. The highest BCUT2D eigenvalue weighted by Crippen LogP contribution is 2.27. The second kappa shape index (κ2) is 4.42. The molecule has 1 fully saturated rings. The van der Waals surface area contributed by atoms with Crippen LogP contribution in [0.25, 0.3) is 0 Å². The highest BCUT2D eigenvalue weighted by Gasteiger charge is 2.18. The summed E-state index contributed by atoms with van der Waals surface area (Å²) in [6.07, 6.45) is 3.53. The van der Waals surface area contributed by atoms with E-state index in [0.29, 0.717) is 5.78 Å². The van der Waals surface area contributed by atoms with Crippen molar-refractivity contribution in [3.8, 4) is 0 Å². The molecule has 0 amide bonds. The first-order chi connectivity index (χ1) is 6.36. The molecule has 0 radical (unpaired) electrons. The fraction of sp³-hybridized carbons (Fsp3) is 0.667. The zero-order chi connectivity index (χ0) is 9.10. The van der Waals surface area contributed by atoms with Gasteiger partial charge in [0.2, 0.25) is 0 Å². The van der Waals surface area contributed by atoms with Crippen molar-refractivity contribution in [2.75, 3.05) is 24.6 Å². The van der Waals surface area contributed by atoms with Crippen molar-refractivity contribution in [1.29, 1.82) is 0 Å². The number of allylic oxidation sites excluding steroid dienone is 2. The zero-order valence-corrected chi connectivity index (χ0v) is 9.12. The fourth-order valence-corrected chi connectivity index (χ4v) is 3.62. The van der Waals surface area contributed by atoms with E-state index in [4.69, 9.17) is 0 Å². The molecule has 2 aliphatic rings. The lowest BCUT2D eigenvalue weighted by Gasteiger charge is -2.22. The molecule has 0 aromatic heterocycles. The largest absolute Gasteiger partial charge is 0.373 e. The van der Waals surface area contributed by atoms with Gasteiger partial charge in [0.1, 0.15) is 0 Å². The molecule has 0 spiro atoms. The summed E-state index contributed by atoms with van der Waals surface area (Å²) in [6.45, 7) is 2.22. The van der Waals surface area contributed by atoms with Crippen molar-refractivity contribution in [2.45, 2.75) is 12.8 Å². The Morgan fingerprint density at radius 3 is 2.38 bits per heavy atom. The van der Waals surface area contributed by atoms with Crippen LogP contribution in [0.15, 0.2) is 11.8 Å². The van der Waals surface area contributed by atoms with E-state index in [1.807, 2.05) is 27.7 Å². The van der Waals surface area contributed by atoms with E-state index in [-0.39, 0.29) is 0 Å². The molecule has 0 unspecified atom stereocenters. The van der Waals surface area contributed by atoms with Gasteiger partial charge in [-0.05, 0) is 6.42 Å². The molecule has 0 atom stereocenters. The molecule has 0 saturated carbocycles. The number of carbonyl (C=O) groups excluding carboxylic acids is 1. The van der Waals surface area contributed by atoms with E-state index in [1.54, 1.807) is 0 Å². The molecule has 1 aliphatic heterocycles. The van der Waals surface area contributed by atoms with Crippen LogP contribution >= 0.6 is 21.6 Å².